The van der Waals surface area contributed by atoms with E-state index in [4.69, 9.17) is 5.73 Å². The summed E-state index contributed by atoms with van der Waals surface area (Å²) in [5, 5.41) is 0. The largest absolute Gasteiger partial charge is 0.398 e. The molecule has 2 rings (SSSR count). The average molecular weight is 310 g/mol. The van der Waals surface area contributed by atoms with Gasteiger partial charge in [-0.05, 0) is 61.8 Å². The summed E-state index contributed by atoms with van der Waals surface area (Å²) in [5.41, 5.74) is 8.16. The van der Waals surface area contributed by atoms with Gasteiger partial charge in [0, 0.05) is 6.54 Å². The third-order valence-corrected chi connectivity index (χ3v) is 6.00. The molecule has 0 radical (unpaired) electrons. The van der Waals surface area contributed by atoms with Crippen LogP contribution in [0.1, 0.15) is 43.7 Å². The third kappa shape index (κ3) is 3.98. The number of nitrogens with one attached hydrogen (secondary N) is 1. The van der Waals surface area contributed by atoms with E-state index >= 15 is 0 Å². The van der Waals surface area contributed by atoms with Crippen LogP contribution in [0.25, 0.3) is 0 Å². The van der Waals surface area contributed by atoms with Gasteiger partial charge in [-0.1, -0.05) is 19.8 Å². The SMILES string of the molecule is Cc1cc(N)c(S(=O)(=O)NCC2CCCC(C)C2)cc1C. The molecule has 1 aromatic rings. The van der Waals surface area contributed by atoms with Gasteiger partial charge in [0.1, 0.15) is 4.90 Å². The molecule has 118 valence electrons. The summed E-state index contributed by atoms with van der Waals surface area (Å²) >= 11 is 0. The number of benzene rings is 1. The van der Waals surface area contributed by atoms with Gasteiger partial charge in [-0.25, -0.2) is 13.1 Å². The molecule has 2 unspecified atom stereocenters. The van der Waals surface area contributed by atoms with Crippen LogP contribution in [0.15, 0.2) is 17.0 Å². The molecule has 21 heavy (non-hydrogen) atoms. The Balaban J connectivity index is 2.10. The molecule has 1 aliphatic rings. The van der Waals surface area contributed by atoms with E-state index in [2.05, 4.69) is 11.6 Å². The fraction of sp³-hybridized carbons (Fsp3) is 0.625. The number of nitrogens with two attached hydrogens (primary N) is 1. The normalized spacial score (nSPS) is 23.2. The van der Waals surface area contributed by atoms with Gasteiger partial charge in [0.25, 0.3) is 0 Å². The maximum absolute atomic E-state index is 12.4. The lowest BCUT2D eigenvalue weighted by Gasteiger charge is -2.26. The van der Waals surface area contributed by atoms with Crippen LogP contribution < -0.4 is 10.5 Å². The molecule has 0 amide bonds. The van der Waals surface area contributed by atoms with Crippen molar-refractivity contribution < 1.29 is 8.42 Å². The van der Waals surface area contributed by atoms with Crippen LogP contribution in [0.4, 0.5) is 5.69 Å². The summed E-state index contributed by atoms with van der Waals surface area (Å²) in [6, 6.07) is 3.39. The molecule has 0 spiro atoms. The number of sulfonamides is 1. The van der Waals surface area contributed by atoms with E-state index in [1.165, 1.54) is 12.8 Å². The van der Waals surface area contributed by atoms with Crippen molar-refractivity contribution in [1.29, 1.82) is 0 Å². The second-order valence-electron chi connectivity index (χ2n) is 6.46. The first-order chi connectivity index (χ1) is 9.79. The van der Waals surface area contributed by atoms with E-state index in [9.17, 15) is 8.42 Å². The number of hydrogen-bond donors (Lipinski definition) is 2. The van der Waals surface area contributed by atoms with Crippen LogP contribution in [0.3, 0.4) is 0 Å². The molecule has 0 bridgehead atoms. The van der Waals surface area contributed by atoms with E-state index in [0.29, 0.717) is 24.1 Å². The Morgan fingerprint density at radius 2 is 1.90 bits per heavy atom. The minimum atomic E-state index is -3.52. The fourth-order valence-electron chi connectivity index (χ4n) is 3.10. The third-order valence-electron chi connectivity index (χ3n) is 4.52. The van der Waals surface area contributed by atoms with Crippen molar-refractivity contribution in [1.82, 2.24) is 4.72 Å². The Hall–Kier alpha value is -1.07. The number of rotatable bonds is 4. The van der Waals surface area contributed by atoms with Crippen molar-refractivity contribution in [3.8, 4) is 0 Å². The van der Waals surface area contributed by atoms with Crippen molar-refractivity contribution in [3.63, 3.8) is 0 Å². The van der Waals surface area contributed by atoms with Crippen LogP contribution in [0, 0.1) is 25.7 Å². The zero-order chi connectivity index (χ0) is 15.6. The van der Waals surface area contributed by atoms with Crippen LogP contribution >= 0.6 is 0 Å². The minimum absolute atomic E-state index is 0.203. The second-order valence-corrected chi connectivity index (χ2v) is 8.20. The van der Waals surface area contributed by atoms with E-state index in [0.717, 1.165) is 24.0 Å². The molecular formula is C16H26N2O2S. The molecule has 5 heteroatoms. The summed E-state index contributed by atoms with van der Waals surface area (Å²) in [7, 11) is -3.52. The first-order valence-electron chi connectivity index (χ1n) is 7.66. The molecule has 0 saturated heterocycles. The highest BCUT2D eigenvalue weighted by Gasteiger charge is 2.23. The summed E-state index contributed by atoms with van der Waals surface area (Å²) in [4.78, 5) is 0.203. The van der Waals surface area contributed by atoms with Gasteiger partial charge in [-0.3, -0.25) is 0 Å². The van der Waals surface area contributed by atoms with Gasteiger partial charge in [0.15, 0.2) is 0 Å². The molecule has 3 N–H and O–H groups in total. The lowest BCUT2D eigenvalue weighted by atomic mass is 9.83. The Bertz CT molecular complexity index is 611. The van der Waals surface area contributed by atoms with Gasteiger partial charge in [0.2, 0.25) is 10.0 Å². The zero-order valence-corrected chi connectivity index (χ0v) is 14.0. The molecule has 1 aromatic carbocycles. The Morgan fingerprint density at radius 1 is 1.24 bits per heavy atom. The summed E-state index contributed by atoms with van der Waals surface area (Å²) in [5.74, 6) is 1.14. The molecule has 4 nitrogen and oxygen atoms in total. The molecular weight excluding hydrogens is 284 g/mol. The van der Waals surface area contributed by atoms with Crippen molar-refractivity contribution >= 4 is 15.7 Å². The molecule has 0 heterocycles. The lowest BCUT2D eigenvalue weighted by molar-refractivity contribution is 0.283. The van der Waals surface area contributed by atoms with E-state index < -0.39 is 10.0 Å². The van der Waals surface area contributed by atoms with Crippen LogP contribution in [0.5, 0.6) is 0 Å². The second kappa shape index (κ2) is 6.36. The number of nitrogen functional groups attached to an aromatic ring is 1. The van der Waals surface area contributed by atoms with Crippen molar-refractivity contribution in [2.75, 3.05) is 12.3 Å². The van der Waals surface area contributed by atoms with Crippen LogP contribution in [0.2, 0.25) is 0 Å². The van der Waals surface area contributed by atoms with Gasteiger partial charge < -0.3 is 5.73 Å². The van der Waals surface area contributed by atoms with Crippen molar-refractivity contribution in [2.45, 2.75) is 51.3 Å². The average Bonchev–Trinajstić information content (AvgIpc) is 2.41. The first kappa shape index (κ1) is 16.3. The zero-order valence-electron chi connectivity index (χ0n) is 13.1. The summed E-state index contributed by atoms with van der Waals surface area (Å²) < 4.78 is 27.6. The van der Waals surface area contributed by atoms with Crippen LogP contribution in [-0.4, -0.2) is 15.0 Å². The molecule has 0 aromatic heterocycles. The Morgan fingerprint density at radius 3 is 2.57 bits per heavy atom. The fourth-order valence-corrected chi connectivity index (χ4v) is 4.41. The molecule has 2 atom stereocenters. The predicted molar refractivity (Wildman–Crippen MR) is 86.6 cm³/mol. The topological polar surface area (TPSA) is 72.2 Å². The summed E-state index contributed by atoms with van der Waals surface area (Å²) in [6.07, 6.45) is 4.66. The maximum Gasteiger partial charge on any atom is 0.242 e. The molecule has 1 aliphatic carbocycles. The van der Waals surface area contributed by atoms with Crippen molar-refractivity contribution in [2.24, 2.45) is 11.8 Å². The van der Waals surface area contributed by atoms with Gasteiger partial charge in [-0.15, -0.1) is 0 Å². The van der Waals surface area contributed by atoms with E-state index in [1.807, 2.05) is 13.8 Å². The van der Waals surface area contributed by atoms with E-state index in [-0.39, 0.29) is 4.90 Å². The maximum atomic E-state index is 12.4. The van der Waals surface area contributed by atoms with Crippen molar-refractivity contribution in [3.05, 3.63) is 23.3 Å². The Labute approximate surface area is 128 Å². The Kier molecular flexibility index (Phi) is 4.94. The predicted octanol–water partition coefficient (Wildman–Crippen LogP) is 2.99. The first-order valence-corrected chi connectivity index (χ1v) is 9.14. The highest BCUT2D eigenvalue weighted by molar-refractivity contribution is 7.89. The molecule has 1 fully saturated rings. The van der Waals surface area contributed by atoms with Gasteiger partial charge >= 0.3 is 0 Å². The summed E-state index contributed by atoms with van der Waals surface area (Å²) in [6.45, 7) is 6.58. The minimum Gasteiger partial charge on any atom is -0.398 e. The van der Waals surface area contributed by atoms with Gasteiger partial charge in [0.05, 0.1) is 5.69 Å². The lowest BCUT2D eigenvalue weighted by Crippen LogP contribution is -2.32. The standard InChI is InChI=1S/C16H26N2O2S/c1-11-5-4-6-14(7-11)10-18-21(19,20)16-9-13(3)12(2)8-15(16)17/h8-9,11,14,18H,4-7,10,17H2,1-3H3. The number of anilines is 1. The smallest absolute Gasteiger partial charge is 0.242 e. The highest BCUT2D eigenvalue weighted by atomic mass is 32.2. The van der Waals surface area contributed by atoms with Gasteiger partial charge in [-0.2, -0.15) is 0 Å². The molecule has 1 saturated carbocycles. The number of hydrogen-bond acceptors (Lipinski definition) is 3. The van der Waals surface area contributed by atoms with E-state index in [1.54, 1.807) is 12.1 Å². The highest BCUT2D eigenvalue weighted by Crippen LogP contribution is 2.29. The monoisotopic (exact) mass is 310 g/mol. The quantitative estimate of drug-likeness (QED) is 0.840. The van der Waals surface area contributed by atoms with Crippen LogP contribution in [-0.2, 0) is 10.0 Å². The number of aryl methyl sites for hydroxylation is 2. The molecule has 0 aliphatic heterocycles.